The number of methoxy groups -OCH3 is 1. The third kappa shape index (κ3) is 4.68. The predicted octanol–water partition coefficient (Wildman–Crippen LogP) is -0.225. The Balaban J connectivity index is 4.03. The van der Waals surface area contributed by atoms with Crippen LogP contribution in [0, 0.1) is 0 Å². The number of ether oxygens (including phenoxy) is 1. The van der Waals surface area contributed by atoms with E-state index in [2.05, 4.69) is 4.74 Å². The van der Waals surface area contributed by atoms with Gasteiger partial charge in [-0.3, -0.25) is 9.59 Å². The normalized spacial score (nSPS) is 14.9. The third-order valence-corrected chi connectivity index (χ3v) is 1.28. The molecule has 0 saturated heterocycles. The molecule has 0 aliphatic carbocycles. The van der Waals surface area contributed by atoms with Crippen LogP contribution in [0.5, 0.6) is 0 Å². The molecule has 0 aliphatic rings. The van der Waals surface area contributed by atoms with Crippen LogP contribution < -0.4 is 0 Å². The number of aliphatic carboxylic acids is 1. The van der Waals surface area contributed by atoms with Crippen LogP contribution in [0.1, 0.15) is 19.8 Å². The second kappa shape index (κ2) is 4.06. The van der Waals surface area contributed by atoms with Crippen LogP contribution in [0.2, 0.25) is 0 Å². The third-order valence-electron chi connectivity index (χ3n) is 1.28. The van der Waals surface area contributed by atoms with Crippen LogP contribution in [-0.4, -0.2) is 34.9 Å². The molecular weight excluding hydrogens is 164 g/mol. The molecule has 5 heteroatoms. The van der Waals surface area contributed by atoms with Crippen molar-refractivity contribution in [1.82, 2.24) is 0 Å². The predicted molar refractivity (Wildman–Crippen MR) is 39.5 cm³/mol. The van der Waals surface area contributed by atoms with Gasteiger partial charge in [0.05, 0.1) is 25.6 Å². The van der Waals surface area contributed by atoms with Gasteiger partial charge in [-0.2, -0.15) is 0 Å². The highest BCUT2D eigenvalue weighted by Gasteiger charge is 2.27. The van der Waals surface area contributed by atoms with Gasteiger partial charge in [0, 0.05) is 0 Å². The fourth-order valence-electron chi connectivity index (χ4n) is 0.771. The van der Waals surface area contributed by atoms with Crippen LogP contribution in [0.4, 0.5) is 0 Å². The van der Waals surface area contributed by atoms with Gasteiger partial charge < -0.3 is 14.9 Å². The lowest BCUT2D eigenvalue weighted by Crippen LogP contribution is -2.31. The second-order valence-corrected chi connectivity index (χ2v) is 2.82. The number of carboxylic acid groups (broad SMARTS) is 1. The molecule has 0 fully saturated rings. The van der Waals surface area contributed by atoms with Crippen LogP contribution in [0.3, 0.4) is 0 Å². The Morgan fingerprint density at radius 1 is 1.42 bits per heavy atom. The van der Waals surface area contributed by atoms with Gasteiger partial charge in [0.2, 0.25) is 0 Å². The Bertz CT molecular complexity index is 184. The lowest BCUT2D eigenvalue weighted by Gasteiger charge is -2.18. The average molecular weight is 176 g/mol. The van der Waals surface area contributed by atoms with Crippen LogP contribution >= 0.6 is 0 Å². The van der Waals surface area contributed by atoms with Gasteiger partial charge in [0.25, 0.3) is 0 Å². The van der Waals surface area contributed by atoms with Crippen molar-refractivity contribution in [1.29, 1.82) is 0 Å². The molecule has 2 N–H and O–H groups in total. The molecule has 1 atom stereocenters. The maximum absolute atomic E-state index is 10.6. The van der Waals surface area contributed by atoms with Gasteiger partial charge in [0.15, 0.2) is 0 Å². The zero-order valence-corrected chi connectivity index (χ0v) is 7.03. The largest absolute Gasteiger partial charge is 0.481 e. The van der Waals surface area contributed by atoms with E-state index in [0.29, 0.717) is 0 Å². The van der Waals surface area contributed by atoms with E-state index in [1.165, 1.54) is 14.0 Å². The number of rotatable bonds is 4. The Morgan fingerprint density at radius 2 is 1.92 bits per heavy atom. The molecule has 0 bridgehead atoms. The molecule has 0 heterocycles. The molecule has 0 radical (unpaired) electrons. The summed E-state index contributed by atoms with van der Waals surface area (Å²) < 4.78 is 4.28. The van der Waals surface area contributed by atoms with Crippen molar-refractivity contribution in [2.75, 3.05) is 7.11 Å². The molecule has 0 spiro atoms. The molecule has 1 unspecified atom stereocenters. The van der Waals surface area contributed by atoms with Gasteiger partial charge in [-0.05, 0) is 6.92 Å². The Kier molecular flexibility index (Phi) is 3.69. The minimum atomic E-state index is -1.53. The van der Waals surface area contributed by atoms with Gasteiger partial charge in [-0.1, -0.05) is 0 Å². The first-order chi connectivity index (χ1) is 5.37. The summed E-state index contributed by atoms with van der Waals surface area (Å²) in [5.41, 5.74) is -1.53. The van der Waals surface area contributed by atoms with E-state index in [-0.39, 0.29) is 6.42 Å². The molecule has 70 valence electrons. The fourth-order valence-corrected chi connectivity index (χ4v) is 0.771. The smallest absolute Gasteiger partial charge is 0.308 e. The van der Waals surface area contributed by atoms with Gasteiger partial charge in [0.1, 0.15) is 0 Å². The van der Waals surface area contributed by atoms with Gasteiger partial charge in [-0.15, -0.1) is 0 Å². The maximum Gasteiger partial charge on any atom is 0.308 e. The van der Waals surface area contributed by atoms with Crippen LogP contribution in [0.25, 0.3) is 0 Å². The second-order valence-electron chi connectivity index (χ2n) is 2.82. The molecule has 0 saturated carbocycles. The molecule has 12 heavy (non-hydrogen) atoms. The summed E-state index contributed by atoms with van der Waals surface area (Å²) in [7, 11) is 1.18. The highest BCUT2D eigenvalue weighted by atomic mass is 16.5. The summed E-state index contributed by atoms with van der Waals surface area (Å²) in [5, 5.41) is 17.6. The van der Waals surface area contributed by atoms with Crippen molar-refractivity contribution in [2.24, 2.45) is 0 Å². The number of carboxylic acids is 1. The highest BCUT2D eigenvalue weighted by molar-refractivity contribution is 5.73. The maximum atomic E-state index is 10.6. The first kappa shape index (κ1) is 10.9. The van der Waals surface area contributed by atoms with Crippen molar-refractivity contribution in [2.45, 2.75) is 25.4 Å². The van der Waals surface area contributed by atoms with Crippen LogP contribution in [0.15, 0.2) is 0 Å². The summed E-state index contributed by atoms with van der Waals surface area (Å²) in [6.07, 6.45) is -0.780. The van der Waals surface area contributed by atoms with E-state index in [9.17, 15) is 14.7 Å². The number of hydrogen-bond acceptors (Lipinski definition) is 4. The Labute approximate surface area is 70.0 Å². The van der Waals surface area contributed by atoms with E-state index in [4.69, 9.17) is 5.11 Å². The average Bonchev–Trinajstić information content (AvgIpc) is 1.83. The number of aliphatic hydroxyl groups is 1. The number of carbonyl (C=O) groups excluding carboxylic acids is 1. The number of carbonyl (C=O) groups is 2. The quantitative estimate of drug-likeness (QED) is 0.578. The van der Waals surface area contributed by atoms with Crippen molar-refractivity contribution >= 4 is 11.9 Å². The minimum Gasteiger partial charge on any atom is -0.481 e. The van der Waals surface area contributed by atoms with Crippen molar-refractivity contribution in [3.8, 4) is 0 Å². The monoisotopic (exact) mass is 176 g/mol. The molecule has 5 nitrogen and oxygen atoms in total. The molecular formula is C7H12O5. The van der Waals surface area contributed by atoms with E-state index >= 15 is 0 Å². The first-order valence-electron chi connectivity index (χ1n) is 3.38. The Morgan fingerprint density at radius 3 is 2.25 bits per heavy atom. The lowest BCUT2D eigenvalue weighted by molar-refractivity contribution is -0.149. The standard InChI is InChI=1S/C7H12O5/c1-7(11,3-5(8)9)4-6(10)12-2/h11H,3-4H2,1-2H3,(H,8,9). The zero-order valence-electron chi connectivity index (χ0n) is 7.03. The summed E-state index contributed by atoms with van der Waals surface area (Å²) >= 11 is 0. The van der Waals surface area contributed by atoms with Gasteiger partial charge in [-0.25, -0.2) is 0 Å². The molecule has 0 aromatic carbocycles. The van der Waals surface area contributed by atoms with E-state index in [0.717, 1.165) is 0 Å². The van der Waals surface area contributed by atoms with Crippen molar-refractivity contribution in [3.63, 3.8) is 0 Å². The molecule has 0 aromatic heterocycles. The first-order valence-corrected chi connectivity index (χ1v) is 3.38. The Hall–Kier alpha value is -1.10. The highest BCUT2D eigenvalue weighted by Crippen LogP contribution is 2.14. The molecule has 0 aliphatic heterocycles. The number of hydrogen-bond donors (Lipinski definition) is 2. The SMILES string of the molecule is COC(=O)CC(C)(O)CC(=O)O. The van der Waals surface area contributed by atoms with E-state index in [1.807, 2.05) is 0 Å². The van der Waals surface area contributed by atoms with Crippen molar-refractivity contribution < 1.29 is 24.5 Å². The number of esters is 1. The summed E-state index contributed by atoms with van der Waals surface area (Å²) in [5.74, 6) is -1.77. The minimum absolute atomic E-state index is 0.310. The molecule has 0 rings (SSSR count). The fraction of sp³-hybridized carbons (Fsp3) is 0.714. The van der Waals surface area contributed by atoms with E-state index < -0.39 is 24.0 Å². The summed E-state index contributed by atoms with van der Waals surface area (Å²) in [6, 6.07) is 0. The van der Waals surface area contributed by atoms with Crippen LogP contribution in [-0.2, 0) is 14.3 Å². The molecule has 0 aromatic rings. The topological polar surface area (TPSA) is 83.8 Å². The molecule has 0 amide bonds. The lowest BCUT2D eigenvalue weighted by atomic mass is 9.98. The summed E-state index contributed by atoms with van der Waals surface area (Å²) in [6.45, 7) is 1.28. The zero-order chi connectivity index (χ0) is 9.78. The van der Waals surface area contributed by atoms with Crippen molar-refractivity contribution in [3.05, 3.63) is 0 Å². The van der Waals surface area contributed by atoms with E-state index in [1.54, 1.807) is 0 Å². The summed E-state index contributed by atoms with van der Waals surface area (Å²) in [4.78, 5) is 20.8. The van der Waals surface area contributed by atoms with Gasteiger partial charge >= 0.3 is 11.9 Å².